The molecular weight excluding hydrogens is 348 g/mol. The van der Waals surface area contributed by atoms with Crippen molar-refractivity contribution in [3.8, 4) is 0 Å². The highest BCUT2D eigenvalue weighted by Gasteiger charge is 2.16. The normalized spacial score (nSPS) is 11.9. The van der Waals surface area contributed by atoms with Gasteiger partial charge in [0.25, 0.3) is 5.56 Å². The zero-order valence-electron chi connectivity index (χ0n) is 15.1. The molecule has 0 bridgehead atoms. The van der Waals surface area contributed by atoms with E-state index in [0.717, 1.165) is 5.56 Å². The number of carbonyl (C=O) groups is 2. The fourth-order valence-electron chi connectivity index (χ4n) is 2.70. The Kier molecular flexibility index (Phi) is 5.35. The van der Waals surface area contributed by atoms with Crippen LogP contribution in [-0.4, -0.2) is 27.4 Å². The zero-order valence-corrected chi connectivity index (χ0v) is 15.1. The Morgan fingerprint density at radius 2 is 2.07 bits per heavy atom. The van der Waals surface area contributed by atoms with Crippen LogP contribution in [0.4, 0.5) is 0 Å². The van der Waals surface area contributed by atoms with Crippen molar-refractivity contribution in [1.82, 2.24) is 20.2 Å². The van der Waals surface area contributed by atoms with Crippen LogP contribution in [0.2, 0.25) is 0 Å². The van der Waals surface area contributed by atoms with Gasteiger partial charge in [0.15, 0.2) is 0 Å². The van der Waals surface area contributed by atoms with Crippen molar-refractivity contribution in [2.24, 2.45) is 0 Å². The van der Waals surface area contributed by atoms with Crippen molar-refractivity contribution in [3.63, 3.8) is 0 Å². The third-order valence-corrected chi connectivity index (χ3v) is 4.16. The Morgan fingerprint density at radius 3 is 2.81 bits per heavy atom. The number of hydrogen-bond acceptors (Lipinski definition) is 5. The van der Waals surface area contributed by atoms with Crippen LogP contribution in [0.5, 0.6) is 0 Å². The predicted molar refractivity (Wildman–Crippen MR) is 98.9 cm³/mol. The molecule has 8 nitrogen and oxygen atoms in total. The molecule has 0 spiro atoms. The molecule has 8 heteroatoms. The van der Waals surface area contributed by atoms with Crippen LogP contribution in [0.15, 0.2) is 52.1 Å². The van der Waals surface area contributed by atoms with E-state index in [2.05, 4.69) is 15.6 Å². The van der Waals surface area contributed by atoms with Gasteiger partial charge >= 0.3 is 0 Å². The molecule has 2 N–H and O–H groups in total. The van der Waals surface area contributed by atoms with Gasteiger partial charge < -0.3 is 15.1 Å². The van der Waals surface area contributed by atoms with Gasteiger partial charge in [0.1, 0.15) is 18.3 Å². The first kappa shape index (κ1) is 18.4. The molecule has 0 aliphatic rings. The van der Waals surface area contributed by atoms with Gasteiger partial charge in [-0.1, -0.05) is 12.1 Å². The summed E-state index contributed by atoms with van der Waals surface area (Å²) in [5, 5.41) is 5.70. The second-order valence-electron chi connectivity index (χ2n) is 6.24. The summed E-state index contributed by atoms with van der Waals surface area (Å²) in [7, 11) is 0. The molecule has 2 aromatic heterocycles. The standard InChI is InChI=1S/C19H20N4O4/c1-12-5-3-7-15-17(12)21-11-23(19(15)26)10-16(24)22-13(2)18(25)20-9-14-6-4-8-27-14/h3-8,11,13H,9-10H2,1-2H3,(H,20,25)(H,22,24). The summed E-state index contributed by atoms with van der Waals surface area (Å²) in [4.78, 5) is 41.1. The van der Waals surface area contributed by atoms with E-state index in [-0.39, 0.29) is 24.6 Å². The van der Waals surface area contributed by atoms with Crippen molar-refractivity contribution >= 4 is 22.7 Å². The molecule has 0 saturated carbocycles. The molecule has 0 aliphatic carbocycles. The van der Waals surface area contributed by atoms with Gasteiger partial charge in [-0.2, -0.15) is 0 Å². The summed E-state index contributed by atoms with van der Waals surface area (Å²) >= 11 is 0. The van der Waals surface area contributed by atoms with Gasteiger partial charge in [-0.25, -0.2) is 4.98 Å². The number of carbonyl (C=O) groups excluding carboxylic acids is 2. The summed E-state index contributed by atoms with van der Waals surface area (Å²) < 4.78 is 6.36. The maximum Gasteiger partial charge on any atom is 0.261 e. The highest BCUT2D eigenvalue weighted by atomic mass is 16.3. The highest BCUT2D eigenvalue weighted by Crippen LogP contribution is 2.11. The molecule has 0 saturated heterocycles. The lowest BCUT2D eigenvalue weighted by molar-refractivity contribution is -0.129. The first-order valence-electron chi connectivity index (χ1n) is 8.50. The van der Waals surface area contributed by atoms with Gasteiger partial charge in [-0.3, -0.25) is 19.0 Å². The number of nitrogens with one attached hydrogen (secondary N) is 2. The molecule has 140 valence electrons. The molecule has 3 rings (SSSR count). The Hall–Kier alpha value is -3.42. The van der Waals surface area contributed by atoms with Gasteiger partial charge in [0.05, 0.1) is 30.0 Å². The van der Waals surface area contributed by atoms with E-state index in [4.69, 9.17) is 4.42 Å². The largest absolute Gasteiger partial charge is 0.467 e. The molecular formula is C19H20N4O4. The number of benzene rings is 1. The van der Waals surface area contributed by atoms with Crippen molar-refractivity contribution < 1.29 is 14.0 Å². The lowest BCUT2D eigenvalue weighted by atomic mass is 10.1. The van der Waals surface area contributed by atoms with Crippen LogP contribution < -0.4 is 16.2 Å². The molecule has 1 unspecified atom stereocenters. The average Bonchev–Trinajstić information content (AvgIpc) is 3.16. The SMILES string of the molecule is Cc1cccc2c(=O)n(CC(=O)NC(C)C(=O)NCc3ccco3)cnc12. The molecule has 1 atom stereocenters. The monoisotopic (exact) mass is 368 g/mol. The molecule has 2 heterocycles. The summed E-state index contributed by atoms with van der Waals surface area (Å²) in [5.41, 5.74) is 1.21. The highest BCUT2D eigenvalue weighted by molar-refractivity contribution is 5.87. The lowest BCUT2D eigenvalue weighted by Crippen LogP contribution is -2.46. The lowest BCUT2D eigenvalue weighted by Gasteiger charge is -2.14. The molecule has 0 fully saturated rings. The Morgan fingerprint density at radius 1 is 1.26 bits per heavy atom. The maximum absolute atomic E-state index is 12.5. The number of aryl methyl sites for hydroxylation is 1. The van der Waals surface area contributed by atoms with Crippen molar-refractivity contribution in [2.45, 2.75) is 33.0 Å². The third-order valence-electron chi connectivity index (χ3n) is 4.16. The Balaban J connectivity index is 1.62. The number of fused-ring (bicyclic) bond motifs is 1. The number of hydrogen-bond donors (Lipinski definition) is 2. The van der Waals surface area contributed by atoms with Gasteiger partial charge in [0, 0.05) is 0 Å². The van der Waals surface area contributed by atoms with Crippen molar-refractivity contribution in [1.29, 1.82) is 0 Å². The molecule has 27 heavy (non-hydrogen) atoms. The molecule has 0 radical (unpaired) electrons. The second kappa shape index (κ2) is 7.86. The van der Waals surface area contributed by atoms with Crippen LogP contribution in [0.1, 0.15) is 18.2 Å². The minimum Gasteiger partial charge on any atom is -0.467 e. The van der Waals surface area contributed by atoms with E-state index in [1.807, 2.05) is 13.0 Å². The van der Waals surface area contributed by atoms with E-state index in [9.17, 15) is 14.4 Å². The van der Waals surface area contributed by atoms with Gasteiger partial charge in [-0.05, 0) is 37.6 Å². The van der Waals surface area contributed by atoms with Crippen LogP contribution in [0, 0.1) is 6.92 Å². The minimum absolute atomic E-state index is 0.217. The molecule has 3 aromatic rings. The molecule has 2 amide bonds. The zero-order chi connectivity index (χ0) is 19.4. The van der Waals surface area contributed by atoms with Crippen LogP contribution in [0.25, 0.3) is 10.9 Å². The summed E-state index contributed by atoms with van der Waals surface area (Å²) in [6, 6.07) is 8.04. The van der Waals surface area contributed by atoms with E-state index in [1.165, 1.54) is 17.2 Å². The van der Waals surface area contributed by atoms with Crippen molar-refractivity contribution in [2.75, 3.05) is 0 Å². The van der Waals surface area contributed by atoms with E-state index >= 15 is 0 Å². The van der Waals surface area contributed by atoms with Gasteiger partial charge in [0.2, 0.25) is 11.8 Å². The first-order valence-corrected chi connectivity index (χ1v) is 8.50. The Bertz CT molecular complexity index is 1020. The fraction of sp³-hybridized carbons (Fsp3) is 0.263. The average molecular weight is 368 g/mol. The molecule has 0 aliphatic heterocycles. The van der Waals surface area contributed by atoms with Crippen LogP contribution in [-0.2, 0) is 22.7 Å². The number of aromatic nitrogens is 2. The maximum atomic E-state index is 12.5. The van der Waals surface area contributed by atoms with Crippen molar-refractivity contribution in [3.05, 3.63) is 64.6 Å². The fourth-order valence-corrected chi connectivity index (χ4v) is 2.70. The number of rotatable bonds is 6. The quantitative estimate of drug-likeness (QED) is 0.678. The number of furan rings is 1. The van der Waals surface area contributed by atoms with E-state index in [1.54, 1.807) is 31.2 Å². The second-order valence-corrected chi connectivity index (χ2v) is 6.24. The number of amides is 2. The van der Waals surface area contributed by atoms with E-state index in [0.29, 0.717) is 16.7 Å². The molecule has 1 aromatic carbocycles. The first-order chi connectivity index (χ1) is 13.0. The summed E-state index contributed by atoms with van der Waals surface area (Å²) in [6.07, 6.45) is 2.86. The minimum atomic E-state index is -0.751. The number of nitrogens with zero attached hydrogens (tertiary/aromatic N) is 2. The predicted octanol–water partition coefficient (Wildman–Crippen LogP) is 1.12. The smallest absolute Gasteiger partial charge is 0.261 e. The van der Waals surface area contributed by atoms with E-state index < -0.39 is 11.9 Å². The summed E-state index contributed by atoms with van der Waals surface area (Å²) in [5.74, 6) is -0.183. The summed E-state index contributed by atoms with van der Waals surface area (Å²) in [6.45, 7) is 3.46. The third kappa shape index (κ3) is 4.22. The Labute approximate surface area is 155 Å². The van der Waals surface area contributed by atoms with Crippen LogP contribution >= 0.6 is 0 Å². The number of para-hydroxylation sites is 1. The topological polar surface area (TPSA) is 106 Å². The van der Waals surface area contributed by atoms with Gasteiger partial charge in [-0.15, -0.1) is 0 Å². The van der Waals surface area contributed by atoms with Crippen LogP contribution in [0.3, 0.4) is 0 Å².